The maximum Gasteiger partial charge on any atom is 0.117 e. The van der Waals surface area contributed by atoms with Gasteiger partial charge >= 0.3 is 0 Å². The number of hydrogen-bond acceptors (Lipinski definition) is 3. The molecule has 94 valence electrons. The van der Waals surface area contributed by atoms with Gasteiger partial charge in [-0.2, -0.15) is 0 Å². The van der Waals surface area contributed by atoms with Crippen LogP contribution in [0.3, 0.4) is 0 Å². The van der Waals surface area contributed by atoms with Crippen molar-refractivity contribution in [2.45, 2.75) is 38.8 Å². The Bertz CT molecular complexity index is 365. The fourth-order valence-electron chi connectivity index (χ4n) is 2.26. The Morgan fingerprint density at radius 3 is 2.94 bits per heavy atom. The minimum absolute atomic E-state index is 0.308. The van der Waals surface area contributed by atoms with E-state index in [-0.39, 0.29) is 0 Å². The van der Waals surface area contributed by atoms with Crippen molar-refractivity contribution >= 4 is 5.69 Å². The third kappa shape index (κ3) is 3.37. The summed E-state index contributed by atoms with van der Waals surface area (Å²) in [6, 6.07) is 7.74. The van der Waals surface area contributed by atoms with E-state index in [0.717, 1.165) is 25.1 Å². The number of phenols is 1. The summed E-state index contributed by atoms with van der Waals surface area (Å²) in [5, 5.41) is 12.9. The van der Waals surface area contributed by atoms with Crippen LogP contribution in [0.25, 0.3) is 0 Å². The van der Waals surface area contributed by atoms with E-state index in [1.54, 1.807) is 12.1 Å². The molecule has 1 aromatic carbocycles. The molecule has 2 N–H and O–H groups in total. The Balaban J connectivity index is 1.94. The van der Waals surface area contributed by atoms with Gasteiger partial charge in [0.25, 0.3) is 0 Å². The number of benzene rings is 1. The molecule has 1 heterocycles. The molecule has 1 aliphatic heterocycles. The van der Waals surface area contributed by atoms with Crippen LogP contribution in [-0.4, -0.2) is 23.9 Å². The summed E-state index contributed by atoms with van der Waals surface area (Å²) in [6.45, 7) is 5.21. The summed E-state index contributed by atoms with van der Waals surface area (Å²) in [5.74, 6) is 0.867. The first kappa shape index (κ1) is 12.2. The third-order valence-corrected chi connectivity index (χ3v) is 3.28. The third-order valence-electron chi connectivity index (χ3n) is 3.28. The van der Waals surface area contributed by atoms with Gasteiger partial charge in [-0.1, -0.05) is 19.9 Å². The Morgan fingerprint density at radius 2 is 2.24 bits per heavy atom. The maximum atomic E-state index is 9.42. The predicted molar refractivity (Wildman–Crippen MR) is 69.3 cm³/mol. The van der Waals surface area contributed by atoms with Crippen LogP contribution in [0.1, 0.15) is 26.7 Å². The molecule has 1 aromatic rings. The topological polar surface area (TPSA) is 41.5 Å². The van der Waals surface area contributed by atoms with Crippen LogP contribution in [-0.2, 0) is 4.74 Å². The van der Waals surface area contributed by atoms with Crippen LogP contribution >= 0.6 is 0 Å². The molecule has 1 saturated heterocycles. The lowest BCUT2D eigenvalue weighted by Crippen LogP contribution is -2.36. The minimum atomic E-state index is 0.308. The Labute approximate surface area is 103 Å². The monoisotopic (exact) mass is 235 g/mol. The molecule has 0 radical (unpaired) electrons. The predicted octanol–water partition coefficient (Wildman–Crippen LogP) is 3.01. The number of phenolic OH excluding ortho intramolecular Hbond substituents is 1. The molecule has 0 amide bonds. The average Bonchev–Trinajstić information content (AvgIpc) is 2.29. The molecule has 2 atom stereocenters. The van der Waals surface area contributed by atoms with Gasteiger partial charge in [-0.3, -0.25) is 0 Å². The van der Waals surface area contributed by atoms with E-state index in [4.69, 9.17) is 4.74 Å². The summed E-state index contributed by atoms with van der Waals surface area (Å²) in [5.41, 5.74) is 0.986. The Morgan fingerprint density at radius 1 is 1.41 bits per heavy atom. The lowest BCUT2D eigenvalue weighted by atomic mass is 9.95. The van der Waals surface area contributed by atoms with Crippen molar-refractivity contribution in [3.63, 3.8) is 0 Å². The Kier molecular flexibility index (Phi) is 3.89. The molecule has 3 heteroatoms. The largest absolute Gasteiger partial charge is 0.508 e. The van der Waals surface area contributed by atoms with Gasteiger partial charge in [0.2, 0.25) is 0 Å². The fraction of sp³-hybridized carbons (Fsp3) is 0.571. The number of nitrogens with one attached hydrogen (secondary N) is 1. The smallest absolute Gasteiger partial charge is 0.117 e. The second-order valence-corrected chi connectivity index (χ2v) is 5.07. The maximum absolute atomic E-state index is 9.42. The van der Waals surface area contributed by atoms with E-state index in [9.17, 15) is 5.11 Å². The van der Waals surface area contributed by atoms with Gasteiger partial charge < -0.3 is 15.2 Å². The van der Waals surface area contributed by atoms with E-state index in [1.807, 2.05) is 12.1 Å². The number of rotatable bonds is 3. The van der Waals surface area contributed by atoms with Crippen molar-refractivity contribution in [1.29, 1.82) is 0 Å². The highest BCUT2D eigenvalue weighted by atomic mass is 16.5. The van der Waals surface area contributed by atoms with Gasteiger partial charge in [-0.05, 0) is 30.9 Å². The number of ether oxygens (including phenoxy) is 1. The van der Waals surface area contributed by atoms with E-state index < -0.39 is 0 Å². The van der Waals surface area contributed by atoms with E-state index in [0.29, 0.717) is 23.8 Å². The fourth-order valence-corrected chi connectivity index (χ4v) is 2.26. The van der Waals surface area contributed by atoms with Crippen molar-refractivity contribution in [3.05, 3.63) is 24.3 Å². The molecular formula is C14H21NO2. The Hall–Kier alpha value is -1.22. The zero-order chi connectivity index (χ0) is 12.3. The van der Waals surface area contributed by atoms with Crippen molar-refractivity contribution in [2.75, 3.05) is 11.9 Å². The van der Waals surface area contributed by atoms with Crippen LogP contribution < -0.4 is 5.32 Å². The lowest BCUT2D eigenvalue weighted by molar-refractivity contribution is -0.0160. The minimum Gasteiger partial charge on any atom is -0.508 e. The lowest BCUT2D eigenvalue weighted by Gasteiger charge is -2.32. The van der Waals surface area contributed by atoms with Crippen LogP contribution in [0.4, 0.5) is 5.69 Å². The van der Waals surface area contributed by atoms with Gasteiger partial charge in [-0.25, -0.2) is 0 Å². The molecular weight excluding hydrogens is 214 g/mol. The molecule has 0 bridgehead atoms. The molecule has 0 saturated carbocycles. The molecule has 1 fully saturated rings. The first-order valence-electron chi connectivity index (χ1n) is 6.32. The van der Waals surface area contributed by atoms with Gasteiger partial charge in [0, 0.05) is 24.4 Å². The van der Waals surface area contributed by atoms with Crippen LogP contribution in [0, 0.1) is 5.92 Å². The van der Waals surface area contributed by atoms with Crippen LogP contribution in [0.5, 0.6) is 5.75 Å². The molecule has 1 aliphatic rings. The molecule has 2 rings (SSSR count). The standard InChI is InChI=1S/C14H21NO2/c1-10(2)14-9-12(6-7-17-14)15-11-4-3-5-13(16)8-11/h3-5,8,10,12,14-16H,6-7,9H2,1-2H3. The first-order chi connectivity index (χ1) is 8.15. The highest BCUT2D eigenvalue weighted by Crippen LogP contribution is 2.24. The van der Waals surface area contributed by atoms with Crippen molar-refractivity contribution in [3.8, 4) is 5.75 Å². The van der Waals surface area contributed by atoms with Crippen molar-refractivity contribution < 1.29 is 9.84 Å². The molecule has 0 aliphatic carbocycles. The van der Waals surface area contributed by atoms with E-state index in [1.165, 1.54) is 0 Å². The molecule has 17 heavy (non-hydrogen) atoms. The zero-order valence-corrected chi connectivity index (χ0v) is 10.5. The molecule has 0 spiro atoms. The number of hydrogen-bond donors (Lipinski definition) is 2. The number of aromatic hydroxyl groups is 1. The zero-order valence-electron chi connectivity index (χ0n) is 10.5. The van der Waals surface area contributed by atoms with Crippen molar-refractivity contribution in [2.24, 2.45) is 5.92 Å². The van der Waals surface area contributed by atoms with Gasteiger partial charge in [0.1, 0.15) is 5.75 Å². The average molecular weight is 235 g/mol. The molecule has 0 aromatic heterocycles. The summed E-state index contributed by atoms with van der Waals surface area (Å²) in [4.78, 5) is 0. The van der Waals surface area contributed by atoms with Gasteiger partial charge in [0.15, 0.2) is 0 Å². The van der Waals surface area contributed by atoms with Crippen LogP contribution in [0.2, 0.25) is 0 Å². The van der Waals surface area contributed by atoms with E-state index >= 15 is 0 Å². The highest BCUT2D eigenvalue weighted by Gasteiger charge is 2.24. The highest BCUT2D eigenvalue weighted by molar-refractivity contribution is 5.48. The summed E-state index contributed by atoms with van der Waals surface area (Å²) < 4.78 is 5.74. The molecule has 2 unspecified atom stereocenters. The number of anilines is 1. The first-order valence-corrected chi connectivity index (χ1v) is 6.32. The van der Waals surface area contributed by atoms with Crippen molar-refractivity contribution in [1.82, 2.24) is 0 Å². The second-order valence-electron chi connectivity index (χ2n) is 5.07. The normalized spacial score (nSPS) is 24.9. The van der Waals surface area contributed by atoms with Crippen LogP contribution in [0.15, 0.2) is 24.3 Å². The van der Waals surface area contributed by atoms with Gasteiger partial charge in [-0.15, -0.1) is 0 Å². The van der Waals surface area contributed by atoms with Gasteiger partial charge in [0.05, 0.1) is 6.10 Å². The quantitative estimate of drug-likeness (QED) is 0.846. The second kappa shape index (κ2) is 5.41. The summed E-state index contributed by atoms with van der Waals surface area (Å²) >= 11 is 0. The molecule has 3 nitrogen and oxygen atoms in total. The summed E-state index contributed by atoms with van der Waals surface area (Å²) in [7, 11) is 0. The summed E-state index contributed by atoms with van der Waals surface area (Å²) in [6.07, 6.45) is 2.41. The SMILES string of the molecule is CC(C)C1CC(Nc2cccc(O)c2)CCO1. The van der Waals surface area contributed by atoms with E-state index in [2.05, 4.69) is 19.2 Å².